The molecule has 0 aliphatic heterocycles. The minimum atomic E-state index is -0.696. The normalized spacial score (nSPS) is 14.6. The zero-order chi connectivity index (χ0) is 41.4. The number of hydrogen-bond acceptors (Lipinski definition) is 7. The number of thiophene rings is 1. The molecule has 0 bridgehead atoms. The summed E-state index contributed by atoms with van der Waals surface area (Å²) in [5.41, 5.74) is 5.25. The largest absolute Gasteiger partial charge is 0.462 e. The van der Waals surface area contributed by atoms with E-state index in [4.69, 9.17) is 4.74 Å². The lowest BCUT2D eigenvalue weighted by Gasteiger charge is -2.33. The van der Waals surface area contributed by atoms with Crippen molar-refractivity contribution >= 4 is 63.6 Å². The number of anilines is 2. The van der Waals surface area contributed by atoms with Gasteiger partial charge in [0, 0.05) is 21.0 Å². The molecule has 3 amide bonds. The molecule has 1 aliphatic carbocycles. The summed E-state index contributed by atoms with van der Waals surface area (Å²) in [7, 11) is 0. The Morgan fingerprint density at radius 1 is 0.862 bits per heavy atom. The van der Waals surface area contributed by atoms with E-state index in [1.165, 1.54) is 23.1 Å². The van der Waals surface area contributed by atoms with E-state index in [0.29, 0.717) is 33.7 Å². The van der Waals surface area contributed by atoms with Gasteiger partial charge in [-0.3, -0.25) is 14.4 Å². The Balaban J connectivity index is 1.26. The van der Waals surface area contributed by atoms with Crippen LogP contribution in [0.3, 0.4) is 0 Å². The number of carbonyl (C=O) groups excluding carboxylic acids is 4. The lowest BCUT2D eigenvalue weighted by atomic mass is 9.72. The molecule has 10 heteroatoms. The highest BCUT2D eigenvalue weighted by atomic mass is 32.2. The van der Waals surface area contributed by atoms with Gasteiger partial charge < -0.3 is 20.7 Å². The van der Waals surface area contributed by atoms with Crippen molar-refractivity contribution in [3.05, 3.63) is 153 Å². The molecule has 2 atom stereocenters. The first kappa shape index (κ1) is 42.2. The Hall–Kier alpha value is -5.45. The van der Waals surface area contributed by atoms with Crippen LogP contribution in [0, 0.1) is 11.3 Å². The van der Waals surface area contributed by atoms with Gasteiger partial charge in [0.1, 0.15) is 15.9 Å². The summed E-state index contributed by atoms with van der Waals surface area (Å²) in [6.07, 6.45) is 4.22. The van der Waals surface area contributed by atoms with Gasteiger partial charge in [0.25, 0.3) is 11.8 Å². The summed E-state index contributed by atoms with van der Waals surface area (Å²) in [5, 5.41) is 8.74. The van der Waals surface area contributed by atoms with Crippen molar-refractivity contribution in [1.29, 1.82) is 0 Å². The third-order valence-corrected chi connectivity index (χ3v) is 12.8. The van der Waals surface area contributed by atoms with Crippen molar-refractivity contribution in [2.75, 3.05) is 17.2 Å². The second-order valence-electron chi connectivity index (χ2n) is 15.8. The van der Waals surface area contributed by atoms with Crippen LogP contribution < -0.4 is 16.0 Å². The predicted octanol–water partition coefficient (Wildman–Crippen LogP) is 11.1. The van der Waals surface area contributed by atoms with Gasteiger partial charge in [-0.05, 0) is 102 Å². The highest BCUT2D eigenvalue weighted by molar-refractivity contribution is 8.00. The summed E-state index contributed by atoms with van der Waals surface area (Å²) in [6, 6.07) is 33.4. The molecule has 0 radical (unpaired) electrons. The molecule has 5 aromatic rings. The summed E-state index contributed by atoms with van der Waals surface area (Å²) >= 11 is 2.81. The van der Waals surface area contributed by atoms with Gasteiger partial charge >= 0.3 is 5.97 Å². The van der Waals surface area contributed by atoms with E-state index >= 15 is 0 Å². The fourth-order valence-electron chi connectivity index (χ4n) is 6.98. The lowest BCUT2D eigenvalue weighted by molar-refractivity contribution is -0.116. The maximum atomic E-state index is 14.4. The molecular weight excluding hydrogens is 763 g/mol. The van der Waals surface area contributed by atoms with Gasteiger partial charge in [0.05, 0.1) is 12.2 Å². The fraction of sp³-hybridized carbons (Fsp3) is 0.292. The van der Waals surface area contributed by atoms with Crippen LogP contribution in [0.25, 0.3) is 6.08 Å². The minimum absolute atomic E-state index is 0.0793. The Bertz CT molecular complexity index is 2280. The van der Waals surface area contributed by atoms with Crippen LogP contribution in [0.1, 0.15) is 107 Å². The molecule has 0 saturated carbocycles. The first-order valence-corrected chi connectivity index (χ1v) is 21.4. The van der Waals surface area contributed by atoms with Crippen molar-refractivity contribution in [1.82, 2.24) is 5.32 Å². The van der Waals surface area contributed by atoms with E-state index in [1.54, 1.807) is 49.4 Å². The minimum Gasteiger partial charge on any atom is -0.462 e. The second-order valence-corrected chi connectivity index (χ2v) is 18.1. The van der Waals surface area contributed by atoms with Crippen LogP contribution in [0.4, 0.5) is 10.7 Å². The fourth-order valence-corrected chi connectivity index (χ4v) is 9.38. The lowest BCUT2D eigenvalue weighted by Crippen LogP contribution is -2.30. The molecular formula is C48H51N3O5S2. The van der Waals surface area contributed by atoms with E-state index in [0.717, 1.165) is 51.3 Å². The smallest absolute Gasteiger partial charge is 0.341 e. The van der Waals surface area contributed by atoms with Gasteiger partial charge in [-0.2, -0.15) is 0 Å². The van der Waals surface area contributed by atoms with Gasteiger partial charge in [-0.15, -0.1) is 23.1 Å². The molecule has 1 aliphatic rings. The number of hydrogen-bond donors (Lipinski definition) is 3. The zero-order valence-corrected chi connectivity index (χ0v) is 35.5. The number of fused-ring (bicyclic) bond motifs is 1. The van der Waals surface area contributed by atoms with E-state index in [2.05, 4.69) is 50.6 Å². The highest BCUT2D eigenvalue weighted by Gasteiger charge is 2.35. The first-order chi connectivity index (χ1) is 27.8. The van der Waals surface area contributed by atoms with E-state index < -0.39 is 23.0 Å². The SMILES string of the molecule is CCOC(=O)c1c(NC(=O)C(Sc2cccc(NC(=O)/C(=C\c3ccc(C(C)C)cc3)NC(=O)c3ccccc3)c2)c2ccccc2)sc2c1CCC(C(C)(C)C)C2. The topological polar surface area (TPSA) is 114 Å². The molecule has 1 aromatic heterocycles. The molecule has 0 saturated heterocycles. The molecule has 6 rings (SSSR count). The van der Waals surface area contributed by atoms with Crippen LogP contribution in [0.5, 0.6) is 0 Å². The number of benzene rings is 4. The van der Waals surface area contributed by atoms with Crippen molar-refractivity contribution in [3.63, 3.8) is 0 Å². The third-order valence-electron chi connectivity index (χ3n) is 10.3. The van der Waals surface area contributed by atoms with Crippen LogP contribution in [-0.4, -0.2) is 30.3 Å². The van der Waals surface area contributed by atoms with Gasteiger partial charge in [-0.1, -0.05) is 113 Å². The van der Waals surface area contributed by atoms with Gasteiger partial charge in [-0.25, -0.2) is 4.79 Å². The summed E-state index contributed by atoms with van der Waals surface area (Å²) < 4.78 is 5.51. The number of thioether (sulfide) groups is 1. The van der Waals surface area contributed by atoms with E-state index in [9.17, 15) is 19.2 Å². The number of amides is 3. The highest BCUT2D eigenvalue weighted by Crippen LogP contribution is 2.45. The standard InChI is InChI=1S/C48H51N3O5S2/c1-7-56-47(55)41-38-26-25-35(48(4,5)6)28-40(38)58-46(41)51-45(54)42(33-15-10-8-11-16-33)57-37-20-14-19-36(29-37)49-44(53)39(50-43(52)34-17-12-9-13-18-34)27-31-21-23-32(24-22-31)30(2)3/h8-24,27,29-30,35,42H,7,25-26,28H2,1-6H3,(H,49,53)(H,50,52)(H,51,54)/b39-27+. The second kappa shape index (κ2) is 18.9. The molecule has 300 valence electrons. The van der Waals surface area contributed by atoms with Crippen LogP contribution in [-0.2, 0) is 27.2 Å². The Morgan fingerprint density at radius 3 is 2.21 bits per heavy atom. The number of ether oxygens (including phenoxy) is 1. The predicted molar refractivity (Wildman–Crippen MR) is 236 cm³/mol. The van der Waals surface area contributed by atoms with Crippen LogP contribution >= 0.6 is 23.1 Å². The zero-order valence-electron chi connectivity index (χ0n) is 33.9. The quantitative estimate of drug-likeness (QED) is 0.0620. The van der Waals surface area contributed by atoms with Crippen molar-refractivity contribution in [3.8, 4) is 0 Å². The molecule has 0 spiro atoms. The van der Waals surface area contributed by atoms with Crippen LogP contribution in [0.2, 0.25) is 0 Å². The monoisotopic (exact) mass is 813 g/mol. The Morgan fingerprint density at radius 2 is 1.55 bits per heavy atom. The third kappa shape index (κ3) is 10.5. The molecule has 4 aromatic carbocycles. The molecule has 1 heterocycles. The van der Waals surface area contributed by atoms with E-state index in [-0.39, 0.29) is 23.6 Å². The number of carbonyl (C=O) groups is 4. The molecule has 2 unspecified atom stereocenters. The maximum absolute atomic E-state index is 14.4. The Labute approximate surface area is 349 Å². The van der Waals surface area contributed by atoms with Crippen molar-refractivity contribution < 1.29 is 23.9 Å². The average molecular weight is 814 g/mol. The van der Waals surface area contributed by atoms with Crippen molar-refractivity contribution in [2.24, 2.45) is 11.3 Å². The molecule has 8 nitrogen and oxygen atoms in total. The molecule has 0 fully saturated rings. The van der Waals surface area contributed by atoms with Crippen LogP contribution in [0.15, 0.2) is 120 Å². The maximum Gasteiger partial charge on any atom is 0.341 e. The number of esters is 1. The van der Waals surface area contributed by atoms with Gasteiger partial charge in [0.15, 0.2) is 0 Å². The summed E-state index contributed by atoms with van der Waals surface area (Å²) in [4.78, 5) is 56.8. The molecule has 3 N–H and O–H groups in total. The van der Waals surface area contributed by atoms with Crippen molar-refractivity contribution in [2.45, 2.75) is 76.9 Å². The first-order valence-electron chi connectivity index (χ1n) is 19.7. The average Bonchev–Trinajstić information content (AvgIpc) is 3.57. The number of nitrogens with one attached hydrogen (secondary N) is 3. The summed E-state index contributed by atoms with van der Waals surface area (Å²) in [6.45, 7) is 13.0. The van der Waals surface area contributed by atoms with Gasteiger partial charge in [0.2, 0.25) is 5.91 Å². The Kier molecular flexibility index (Phi) is 13.7. The number of rotatable bonds is 13. The summed E-state index contributed by atoms with van der Waals surface area (Å²) in [5.74, 6) is -0.800. The molecule has 58 heavy (non-hydrogen) atoms. The van der Waals surface area contributed by atoms with E-state index in [1.807, 2.05) is 72.8 Å².